The van der Waals surface area contributed by atoms with Gasteiger partial charge in [0, 0.05) is 18.5 Å². The van der Waals surface area contributed by atoms with Crippen molar-refractivity contribution in [2.24, 2.45) is 0 Å². The Morgan fingerprint density at radius 1 is 1.10 bits per heavy atom. The Morgan fingerprint density at radius 2 is 1.76 bits per heavy atom. The van der Waals surface area contributed by atoms with Crippen molar-refractivity contribution in [3.8, 4) is 0 Å². The van der Waals surface area contributed by atoms with E-state index in [2.05, 4.69) is 5.32 Å². The summed E-state index contributed by atoms with van der Waals surface area (Å²) >= 11 is 0. The highest BCUT2D eigenvalue weighted by atomic mass is 16.2. The van der Waals surface area contributed by atoms with Gasteiger partial charge in [-0.15, -0.1) is 0 Å². The first kappa shape index (κ1) is 14.1. The molecule has 1 saturated carbocycles. The van der Waals surface area contributed by atoms with Gasteiger partial charge in [-0.05, 0) is 25.3 Å². The summed E-state index contributed by atoms with van der Waals surface area (Å²) in [5.41, 5.74) is 0.868. The molecule has 2 fully saturated rings. The molecule has 3 rings (SSSR count). The van der Waals surface area contributed by atoms with E-state index in [0.29, 0.717) is 12.5 Å². The molecule has 1 saturated heterocycles. The normalized spacial score (nSPS) is 27.6. The summed E-state index contributed by atoms with van der Waals surface area (Å²) in [5.74, 6) is 0.0108. The third-order valence-corrected chi connectivity index (χ3v) is 4.61. The smallest absolute Gasteiger partial charge is 0.250 e. The van der Waals surface area contributed by atoms with E-state index in [1.165, 1.54) is 12.8 Å². The van der Waals surface area contributed by atoms with Gasteiger partial charge in [0.15, 0.2) is 0 Å². The van der Waals surface area contributed by atoms with Crippen LogP contribution >= 0.6 is 0 Å². The van der Waals surface area contributed by atoms with Crippen LogP contribution in [0.2, 0.25) is 0 Å². The Balaban J connectivity index is 1.92. The van der Waals surface area contributed by atoms with Crippen molar-refractivity contribution in [3.05, 3.63) is 35.9 Å². The lowest BCUT2D eigenvalue weighted by Gasteiger charge is -2.34. The van der Waals surface area contributed by atoms with Crippen LogP contribution in [-0.2, 0) is 9.59 Å². The molecule has 2 aliphatic rings. The summed E-state index contributed by atoms with van der Waals surface area (Å²) < 4.78 is 0. The Kier molecular flexibility index (Phi) is 3.95. The zero-order valence-corrected chi connectivity index (χ0v) is 12.4. The van der Waals surface area contributed by atoms with Crippen molar-refractivity contribution < 1.29 is 9.59 Å². The molecule has 1 aromatic carbocycles. The highest BCUT2D eigenvalue weighted by molar-refractivity contribution is 5.91. The number of rotatable bonds is 2. The lowest BCUT2D eigenvalue weighted by atomic mass is 10.0. The maximum absolute atomic E-state index is 13.0. The predicted octanol–water partition coefficient (Wildman–Crippen LogP) is 2.41. The first-order valence-corrected chi connectivity index (χ1v) is 7.83. The SMILES string of the molecule is CC1CC(=O)NC(c2ccccc2)C(=O)N1C1CCCC1. The number of carbonyl (C=O) groups is 2. The number of carbonyl (C=O) groups excluding carboxylic acids is 2. The van der Waals surface area contributed by atoms with Crippen LogP contribution in [0.5, 0.6) is 0 Å². The highest BCUT2D eigenvalue weighted by Crippen LogP contribution is 2.30. The van der Waals surface area contributed by atoms with Gasteiger partial charge in [0.1, 0.15) is 6.04 Å². The van der Waals surface area contributed by atoms with E-state index in [9.17, 15) is 9.59 Å². The summed E-state index contributed by atoms with van der Waals surface area (Å²) in [6.45, 7) is 1.99. The molecule has 2 amide bonds. The van der Waals surface area contributed by atoms with Gasteiger partial charge >= 0.3 is 0 Å². The van der Waals surface area contributed by atoms with Gasteiger partial charge in [-0.3, -0.25) is 9.59 Å². The zero-order chi connectivity index (χ0) is 14.8. The number of benzene rings is 1. The molecule has 0 spiro atoms. The minimum Gasteiger partial charge on any atom is -0.340 e. The van der Waals surface area contributed by atoms with Crippen LogP contribution in [0, 0.1) is 0 Å². The average Bonchev–Trinajstić information content (AvgIpc) is 2.96. The van der Waals surface area contributed by atoms with Crippen molar-refractivity contribution in [2.45, 2.75) is 57.2 Å². The van der Waals surface area contributed by atoms with Crippen LogP contribution < -0.4 is 5.32 Å². The third-order valence-electron chi connectivity index (χ3n) is 4.61. The van der Waals surface area contributed by atoms with Crippen LogP contribution in [0.3, 0.4) is 0 Å². The molecular formula is C17H22N2O2. The summed E-state index contributed by atoms with van der Waals surface area (Å²) in [6.07, 6.45) is 4.88. The van der Waals surface area contributed by atoms with Crippen LogP contribution in [0.1, 0.15) is 50.6 Å². The Hall–Kier alpha value is -1.84. The topological polar surface area (TPSA) is 49.4 Å². The van der Waals surface area contributed by atoms with Gasteiger partial charge in [0.05, 0.1) is 0 Å². The van der Waals surface area contributed by atoms with Crippen LogP contribution in [0.15, 0.2) is 30.3 Å². The molecule has 1 heterocycles. The maximum Gasteiger partial charge on any atom is 0.250 e. The molecule has 1 aliphatic heterocycles. The monoisotopic (exact) mass is 286 g/mol. The molecule has 1 aromatic rings. The fourth-order valence-electron chi connectivity index (χ4n) is 3.61. The van der Waals surface area contributed by atoms with E-state index in [4.69, 9.17) is 0 Å². The third kappa shape index (κ3) is 2.80. The standard InChI is InChI=1S/C17H22N2O2/c1-12-11-15(20)18-16(13-7-3-2-4-8-13)17(21)19(12)14-9-5-6-10-14/h2-4,7-8,12,14,16H,5-6,9-11H2,1H3,(H,18,20). The molecule has 4 heteroatoms. The van der Waals surface area contributed by atoms with E-state index in [1.54, 1.807) is 0 Å². The van der Waals surface area contributed by atoms with Gasteiger partial charge in [-0.1, -0.05) is 43.2 Å². The molecular weight excluding hydrogens is 264 g/mol. The minimum atomic E-state index is -0.538. The first-order chi connectivity index (χ1) is 10.2. The quantitative estimate of drug-likeness (QED) is 0.907. The first-order valence-electron chi connectivity index (χ1n) is 7.83. The number of amides is 2. The molecule has 0 aromatic heterocycles. The molecule has 2 unspecified atom stereocenters. The largest absolute Gasteiger partial charge is 0.340 e. The maximum atomic E-state index is 13.0. The molecule has 1 aliphatic carbocycles. The van der Waals surface area contributed by atoms with E-state index in [-0.39, 0.29) is 17.9 Å². The van der Waals surface area contributed by atoms with E-state index in [1.807, 2.05) is 42.2 Å². The molecule has 4 nitrogen and oxygen atoms in total. The van der Waals surface area contributed by atoms with Gasteiger partial charge in [0.2, 0.25) is 11.8 Å². The Morgan fingerprint density at radius 3 is 2.43 bits per heavy atom. The molecule has 112 valence electrons. The van der Waals surface area contributed by atoms with Crippen molar-refractivity contribution in [1.82, 2.24) is 10.2 Å². The molecule has 0 radical (unpaired) electrons. The fourth-order valence-corrected chi connectivity index (χ4v) is 3.61. The van der Waals surface area contributed by atoms with Gasteiger partial charge in [-0.2, -0.15) is 0 Å². The predicted molar refractivity (Wildman–Crippen MR) is 80.5 cm³/mol. The second-order valence-electron chi connectivity index (χ2n) is 6.15. The van der Waals surface area contributed by atoms with Crippen LogP contribution in [0.4, 0.5) is 0 Å². The summed E-state index contributed by atoms with van der Waals surface area (Å²) in [6, 6.07) is 9.29. The van der Waals surface area contributed by atoms with Crippen LogP contribution in [-0.4, -0.2) is 28.8 Å². The van der Waals surface area contributed by atoms with Gasteiger partial charge in [-0.25, -0.2) is 0 Å². The molecule has 1 N–H and O–H groups in total. The average molecular weight is 286 g/mol. The molecule has 0 bridgehead atoms. The lowest BCUT2D eigenvalue weighted by molar-refractivity contribution is -0.137. The van der Waals surface area contributed by atoms with E-state index in [0.717, 1.165) is 18.4 Å². The summed E-state index contributed by atoms with van der Waals surface area (Å²) in [7, 11) is 0. The molecule has 21 heavy (non-hydrogen) atoms. The second-order valence-corrected chi connectivity index (χ2v) is 6.15. The number of nitrogens with one attached hydrogen (secondary N) is 1. The summed E-state index contributed by atoms with van der Waals surface area (Å²) in [4.78, 5) is 27.1. The Bertz CT molecular complexity index is 523. The number of hydrogen-bond acceptors (Lipinski definition) is 2. The number of nitrogens with zero attached hydrogens (tertiary/aromatic N) is 1. The fraction of sp³-hybridized carbons (Fsp3) is 0.529. The van der Waals surface area contributed by atoms with Crippen molar-refractivity contribution in [1.29, 1.82) is 0 Å². The van der Waals surface area contributed by atoms with Crippen molar-refractivity contribution in [2.75, 3.05) is 0 Å². The van der Waals surface area contributed by atoms with Gasteiger partial charge in [0.25, 0.3) is 0 Å². The van der Waals surface area contributed by atoms with Gasteiger partial charge < -0.3 is 10.2 Å². The number of hydrogen-bond donors (Lipinski definition) is 1. The zero-order valence-electron chi connectivity index (χ0n) is 12.4. The van der Waals surface area contributed by atoms with Crippen LogP contribution in [0.25, 0.3) is 0 Å². The van der Waals surface area contributed by atoms with E-state index >= 15 is 0 Å². The second kappa shape index (κ2) is 5.88. The van der Waals surface area contributed by atoms with Crippen molar-refractivity contribution >= 4 is 11.8 Å². The van der Waals surface area contributed by atoms with E-state index < -0.39 is 6.04 Å². The minimum absolute atomic E-state index is 0.0192. The molecule has 2 atom stereocenters. The Labute approximate surface area is 125 Å². The van der Waals surface area contributed by atoms with Crippen molar-refractivity contribution in [3.63, 3.8) is 0 Å². The summed E-state index contributed by atoms with van der Waals surface area (Å²) in [5, 5.41) is 2.90. The highest BCUT2D eigenvalue weighted by Gasteiger charge is 2.39. The lowest BCUT2D eigenvalue weighted by Crippen LogP contribution is -2.46.